The van der Waals surface area contributed by atoms with Crippen LogP contribution in [0, 0.1) is 11.8 Å². The molecule has 1 aromatic carbocycles. The zero-order valence-corrected chi connectivity index (χ0v) is 21.0. The van der Waals surface area contributed by atoms with Crippen LogP contribution in [0.15, 0.2) is 30.5 Å². The lowest BCUT2D eigenvalue weighted by Gasteiger charge is -2.33. The molecule has 3 rings (SSSR count). The summed E-state index contributed by atoms with van der Waals surface area (Å²) in [6, 6.07) is 6.97. The number of hydrogen-bond donors (Lipinski definition) is 2. The molecule has 1 aliphatic rings. The molecule has 190 valence electrons. The van der Waals surface area contributed by atoms with Crippen molar-refractivity contribution < 1.29 is 23.9 Å². The second-order valence-electron chi connectivity index (χ2n) is 9.40. The zero-order valence-electron chi connectivity index (χ0n) is 21.0. The first kappa shape index (κ1) is 26.2. The molecule has 3 amide bonds. The number of carbonyl (C=O) groups excluding carboxylic acids is 4. The lowest BCUT2D eigenvalue weighted by molar-refractivity contribution is -0.152. The van der Waals surface area contributed by atoms with Crippen LogP contribution in [-0.2, 0) is 30.3 Å². The SMILES string of the molecule is CCOC(=O)C1CCCN(C(=O)CN(C)C(=O)C(Cc2c[nH]c3ccccc23)NC(=O)C(C)C)C1. The summed E-state index contributed by atoms with van der Waals surface area (Å²) in [7, 11) is 1.57. The van der Waals surface area contributed by atoms with Gasteiger partial charge in [0.2, 0.25) is 17.7 Å². The predicted octanol–water partition coefficient (Wildman–Crippen LogP) is 2.11. The average Bonchev–Trinajstić information content (AvgIpc) is 3.26. The van der Waals surface area contributed by atoms with E-state index >= 15 is 0 Å². The lowest BCUT2D eigenvalue weighted by Crippen LogP contribution is -2.52. The van der Waals surface area contributed by atoms with Crippen molar-refractivity contribution in [3.63, 3.8) is 0 Å². The molecule has 35 heavy (non-hydrogen) atoms. The number of fused-ring (bicyclic) bond motifs is 1. The Balaban J connectivity index is 1.69. The Morgan fingerprint density at radius 1 is 1.23 bits per heavy atom. The number of piperidine rings is 1. The molecule has 1 aliphatic heterocycles. The van der Waals surface area contributed by atoms with E-state index in [4.69, 9.17) is 4.74 Å². The number of hydrogen-bond acceptors (Lipinski definition) is 5. The number of carbonyl (C=O) groups is 4. The summed E-state index contributed by atoms with van der Waals surface area (Å²) in [5.41, 5.74) is 1.87. The third-order valence-corrected chi connectivity index (χ3v) is 6.38. The van der Waals surface area contributed by atoms with Crippen molar-refractivity contribution >= 4 is 34.6 Å². The third-order valence-electron chi connectivity index (χ3n) is 6.38. The van der Waals surface area contributed by atoms with Crippen molar-refractivity contribution in [2.24, 2.45) is 11.8 Å². The highest BCUT2D eigenvalue weighted by atomic mass is 16.5. The predicted molar refractivity (Wildman–Crippen MR) is 132 cm³/mol. The molecule has 0 bridgehead atoms. The standard InChI is InChI=1S/C26H36N4O5/c1-5-35-26(34)18-9-8-12-30(15-18)23(31)16-29(4)25(33)22(28-24(32)17(2)3)13-19-14-27-21-11-7-6-10-20(19)21/h6-7,10-11,14,17-18,22,27H,5,8-9,12-13,15-16H2,1-4H3,(H,28,32). The second kappa shape index (κ2) is 11.9. The van der Waals surface area contributed by atoms with Gasteiger partial charge in [0.25, 0.3) is 0 Å². The van der Waals surface area contributed by atoms with Crippen LogP contribution < -0.4 is 5.32 Å². The Hall–Kier alpha value is -3.36. The monoisotopic (exact) mass is 484 g/mol. The number of nitrogens with one attached hydrogen (secondary N) is 2. The molecule has 0 aliphatic carbocycles. The maximum Gasteiger partial charge on any atom is 0.310 e. The Kier molecular flexibility index (Phi) is 8.89. The molecule has 2 aromatic rings. The second-order valence-corrected chi connectivity index (χ2v) is 9.40. The number of rotatable bonds is 9. The van der Waals surface area contributed by atoms with Crippen molar-refractivity contribution in [3.8, 4) is 0 Å². The molecule has 1 fully saturated rings. The smallest absolute Gasteiger partial charge is 0.310 e. The average molecular weight is 485 g/mol. The quantitative estimate of drug-likeness (QED) is 0.530. The van der Waals surface area contributed by atoms with E-state index < -0.39 is 6.04 Å². The van der Waals surface area contributed by atoms with Crippen LogP contribution >= 0.6 is 0 Å². The minimum absolute atomic E-state index is 0.129. The van der Waals surface area contributed by atoms with Crippen LogP contribution in [0.25, 0.3) is 10.9 Å². The van der Waals surface area contributed by atoms with Crippen LogP contribution in [0.3, 0.4) is 0 Å². The summed E-state index contributed by atoms with van der Waals surface area (Å²) in [5.74, 6) is -1.70. The Morgan fingerprint density at radius 2 is 1.97 bits per heavy atom. The van der Waals surface area contributed by atoms with E-state index in [2.05, 4.69) is 10.3 Å². The first-order chi connectivity index (χ1) is 16.7. The van der Waals surface area contributed by atoms with Gasteiger partial charge in [-0.15, -0.1) is 0 Å². The van der Waals surface area contributed by atoms with Crippen molar-refractivity contribution in [2.75, 3.05) is 33.3 Å². The van der Waals surface area contributed by atoms with E-state index in [-0.39, 0.29) is 42.1 Å². The van der Waals surface area contributed by atoms with Crippen LogP contribution in [0.2, 0.25) is 0 Å². The Morgan fingerprint density at radius 3 is 2.69 bits per heavy atom. The highest BCUT2D eigenvalue weighted by Gasteiger charge is 2.32. The number of nitrogens with zero attached hydrogens (tertiary/aromatic N) is 2. The molecule has 0 saturated carbocycles. The van der Waals surface area contributed by atoms with E-state index in [1.54, 1.807) is 32.7 Å². The number of benzene rings is 1. The fourth-order valence-corrected chi connectivity index (χ4v) is 4.36. The van der Waals surface area contributed by atoms with Crippen LogP contribution in [-0.4, -0.2) is 77.8 Å². The number of esters is 1. The summed E-state index contributed by atoms with van der Waals surface area (Å²) < 4.78 is 5.11. The molecule has 2 N–H and O–H groups in total. The summed E-state index contributed by atoms with van der Waals surface area (Å²) in [5, 5.41) is 3.85. The van der Waals surface area contributed by atoms with Crippen LogP contribution in [0.5, 0.6) is 0 Å². The van der Waals surface area contributed by atoms with Gasteiger partial charge in [0, 0.05) is 49.6 Å². The summed E-state index contributed by atoms with van der Waals surface area (Å²) >= 11 is 0. The lowest BCUT2D eigenvalue weighted by atomic mass is 9.98. The van der Waals surface area contributed by atoms with Gasteiger partial charge in [-0.05, 0) is 31.4 Å². The fourth-order valence-electron chi connectivity index (χ4n) is 4.36. The van der Waals surface area contributed by atoms with Gasteiger partial charge >= 0.3 is 5.97 Å². The van der Waals surface area contributed by atoms with Crippen molar-refractivity contribution in [1.29, 1.82) is 0 Å². The Bertz CT molecular complexity index is 1060. The molecule has 2 heterocycles. The number of aromatic amines is 1. The largest absolute Gasteiger partial charge is 0.466 e. The Labute approximate surface area is 206 Å². The maximum atomic E-state index is 13.4. The minimum atomic E-state index is -0.810. The number of para-hydroxylation sites is 1. The number of aromatic nitrogens is 1. The van der Waals surface area contributed by atoms with E-state index in [9.17, 15) is 19.2 Å². The van der Waals surface area contributed by atoms with Gasteiger partial charge in [-0.3, -0.25) is 19.2 Å². The van der Waals surface area contributed by atoms with Gasteiger partial charge in [0.15, 0.2) is 0 Å². The highest BCUT2D eigenvalue weighted by Crippen LogP contribution is 2.21. The zero-order chi connectivity index (χ0) is 25.5. The minimum Gasteiger partial charge on any atom is -0.466 e. The molecular formula is C26H36N4O5. The van der Waals surface area contributed by atoms with Gasteiger partial charge in [-0.25, -0.2) is 0 Å². The summed E-state index contributed by atoms with van der Waals surface area (Å²) in [6.07, 6.45) is 3.54. The van der Waals surface area contributed by atoms with Crippen LogP contribution in [0.4, 0.5) is 0 Å². The van der Waals surface area contributed by atoms with Crippen molar-refractivity contribution in [1.82, 2.24) is 20.1 Å². The number of H-pyrrole nitrogens is 1. The van der Waals surface area contributed by atoms with Crippen LogP contribution in [0.1, 0.15) is 39.2 Å². The molecule has 0 radical (unpaired) electrons. The van der Waals surface area contributed by atoms with Crippen molar-refractivity contribution in [2.45, 2.75) is 46.1 Å². The number of likely N-dealkylation sites (tertiary alicyclic amines) is 1. The molecule has 9 heteroatoms. The summed E-state index contributed by atoms with van der Waals surface area (Å²) in [6.45, 7) is 6.31. The molecule has 1 saturated heterocycles. The summed E-state index contributed by atoms with van der Waals surface area (Å²) in [4.78, 5) is 57.2. The van der Waals surface area contributed by atoms with Gasteiger partial charge in [0.1, 0.15) is 6.04 Å². The van der Waals surface area contributed by atoms with Gasteiger partial charge < -0.3 is 24.8 Å². The molecule has 2 unspecified atom stereocenters. The van der Waals surface area contributed by atoms with E-state index in [1.807, 2.05) is 30.5 Å². The first-order valence-corrected chi connectivity index (χ1v) is 12.3. The highest BCUT2D eigenvalue weighted by molar-refractivity contribution is 5.92. The normalized spacial score (nSPS) is 16.7. The van der Waals surface area contributed by atoms with Gasteiger partial charge in [-0.2, -0.15) is 0 Å². The topological polar surface area (TPSA) is 112 Å². The number of likely N-dealkylation sites (N-methyl/N-ethyl adjacent to an activating group) is 1. The van der Waals surface area contributed by atoms with Gasteiger partial charge in [0.05, 0.1) is 19.1 Å². The molecule has 1 aromatic heterocycles. The van der Waals surface area contributed by atoms with E-state index in [1.165, 1.54) is 4.90 Å². The maximum absolute atomic E-state index is 13.4. The van der Waals surface area contributed by atoms with E-state index in [0.29, 0.717) is 39.0 Å². The van der Waals surface area contributed by atoms with Gasteiger partial charge in [-0.1, -0.05) is 32.0 Å². The number of ether oxygens (including phenoxy) is 1. The first-order valence-electron chi connectivity index (χ1n) is 12.3. The van der Waals surface area contributed by atoms with Crippen molar-refractivity contribution in [3.05, 3.63) is 36.0 Å². The van der Waals surface area contributed by atoms with E-state index in [0.717, 1.165) is 16.5 Å². The molecule has 0 spiro atoms. The molecule has 9 nitrogen and oxygen atoms in total. The third kappa shape index (κ3) is 6.61. The molecule has 2 atom stereocenters. The molecular weight excluding hydrogens is 448 g/mol. The number of amides is 3. The fraction of sp³-hybridized carbons (Fsp3) is 0.538.